The number of hydrogen-bond donors (Lipinski definition) is 2. The third kappa shape index (κ3) is 1.42. The van der Waals surface area contributed by atoms with E-state index in [-0.39, 0.29) is 17.6 Å². The van der Waals surface area contributed by atoms with E-state index < -0.39 is 0 Å². The lowest BCUT2D eigenvalue weighted by atomic mass is 9.61. The van der Waals surface area contributed by atoms with Crippen molar-refractivity contribution in [3.63, 3.8) is 0 Å². The summed E-state index contributed by atoms with van der Waals surface area (Å²) in [7, 11) is 0. The van der Waals surface area contributed by atoms with Gasteiger partial charge in [0.25, 0.3) is 0 Å². The lowest BCUT2D eigenvalue weighted by molar-refractivity contribution is -0.0777. The summed E-state index contributed by atoms with van der Waals surface area (Å²) in [5, 5.41) is 9.48. The maximum absolute atomic E-state index is 9.48. The van der Waals surface area contributed by atoms with Crippen LogP contribution in [0.25, 0.3) is 0 Å². The molecular weight excluding hydrogens is 138 g/mol. The van der Waals surface area contributed by atoms with Crippen LogP contribution >= 0.6 is 0 Å². The molecule has 1 fully saturated rings. The summed E-state index contributed by atoms with van der Waals surface area (Å²) in [4.78, 5) is 0. The van der Waals surface area contributed by atoms with Gasteiger partial charge in [-0.15, -0.1) is 0 Å². The van der Waals surface area contributed by atoms with Crippen molar-refractivity contribution in [3.05, 3.63) is 0 Å². The molecule has 0 saturated heterocycles. The Bertz CT molecular complexity index is 128. The van der Waals surface area contributed by atoms with Gasteiger partial charge >= 0.3 is 0 Å². The fourth-order valence-electron chi connectivity index (χ4n) is 1.78. The van der Waals surface area contributed by atoms with Crippen molar-refractivity contribution in [2.45, 2.75) is 51.7 Å². The molecule has 1 aliphatic rings. The summed E-state index contributed by atoms with van der Waals surface area (Å²) in [6, 6.07) is 0.226. The van der Waals surface area contributed by atoms with Crippen LogP contribution in [0.2, 0.25) is 0 Å². The first kappa shape index (κ1) is 9.01. The van der Waals surface area contributed by atoms with Crippen LogP contribution in [0.15, 0.2) is 0 Å². The Morgan fingerprint density at radius 1 is 1.64 bits per heavy atom. The van der Waals surface area contributed by atoms with E-state index in [1.54, 1.807) is 0 Å². The second-order valence-electron chi connectivity index (χ2n) is 3.97. The first-order valence-electron chi connectivity index (χ1n) is 4.55. The normalized spacial score (nSPS) is 43.6. The Morgan fingerprint density at radius 3 is 2.64 bits per heavy atom. The van der Waals surface area contributed by atoms with E-state index in [2.05, 4.69) is 13.8 Å². The minimum absolute atomic E-state index is 0.0238. The van der Waals surface area contributed by atoms with Crippen molar-refractivity contribution < 1.29 is 5.11 Å². The molecule has 0 spiro atoms. The van der Waals surface area contributed by atoms with Crippen LogP contribution in [0.1, 0.15) is 39.5 Å². The Kier molecular flexibility index (Phi) is 2.55. The van der Waals surface area contributed by atoms with Crippen molar-refractivity contribution in [2.75, 3.05) is 0 Å². The summed E-state index contributed by atoms with van der Waals surface area (Å²) in [6.07, 6.45) is 4.09. The third-order valence-electron chi connectivity index (χ3n) is 3.15. The zero-order chi connectivity index (χ0) is 8.48. The van der Waals surface area contributed by atoms with Gasteiger partial charge in [-0.3, -0.25) is 0 Å². The maximum Gasteiger partial charge on any atom is 0.0623 e. The molecule has 0 amide bonds. The predicted octanol–water partition coefficient (Wildman–Crippen LogP) is 1.27. The molecule has 0 heterocycles. The topological polar surface area (TPSA) is 46.2 Å². The van der Waals surface area contributed by atoms with Crippen LogP contribution in [-0.2, 0) is 0 Å². The van der Waals surface area contributed by atoms with Crippen molar-refractivity contribution in [2.24, 2.45) is 11.1 Å². The standard InChI is InChI=1S/C9H19NO/c1-3-4-5-9(2)7(10)6-8(9)11/h7-8,11H,3-6,10H2,1-2H3. The molecular formula is C9H19NO. The Hall–Kier alpha value is -0.0800. The van der Waals surface area contributed by atoms with Gasteiger partial charge < -0.3 is 10.8 Å². The molecule has 3 unspecified atom stereocenters. The number of nitrogens with two attached hydrogens (primary N) is 1. The highest BCUT2D eigenvalue weighted by Gasteiger charge is 2.47. The van der Waals surface area contributed by atoms with Gasteiger partial charge in [0.1, 0.15) is 0 Å². The highest BCUT2D eigenvalue weighted by molar-refractivity contribution is 5.02. The highest BCUT2D eigenvalue weighted by Crippen LogP contribution is 2.43. The van der Waals surface area contributed by atoms with Crippen molar-refractivity contribution in [1.82, 2.24) is 0 Å². The summed E-state index contributed by atoms with van der Waals surface area (Å²) in [5.41, 5.74) is 5.85. The van der Waals surface area contributed by atoms with Gasteiger partial charge in [-0.25, -0.2) is 0 Å². The number of aliphatic hydroxyl groups is 1. The number of rotatable bonds is 3. The van der Waals surface area contributed by atoms with E-state index >= 15 is 0 Å². The summed E-state index contributed by atoms with van der Waals surface area (Å²) < 4.78 is 0. The fourth-order valence-corrected chi connectivity index (χ4v) is 1.78. The molecule has 1 aliphatic carbocycles. The van der Waals surface area contributed by atoms with Gasteiger partial charge in [0, 0.05) is 11.5 Å². The molecule has 2 heteroatoms. The van der Waals surface area contributed by atoms with Gasteiger partial charge in [-0.1, -0.05) is 26.7 Å². The SMILES string of the molecule is CCCCC1(C)C(N)CC1O. The maximum atomic E-state index is 9.48. The van der Waals surface area contributed by atoms with Gasteiger partial charge in [0.2, 0.25) is 0 Å². The van der Waals surface area contributed by atoms with Gasteiger partial charge in [0.15, 0.2) is 0 Å². The molecule has 3 atom stereocenters. The molecule has 2 nitrogen and oxygen atoms in total. The van der Waals surface area contributed by atoms with Crippen LogP contribution in [0.3, 0.4) is 0 Å². The summed E-state index contributed by atoms with van der Waals surface area (Å²) >= 11 is 0. The number of hydrogen-bond acceptors (Lipinski definition) is 2. The minimum Gasteiger partial charge on any atom is -0.392 e. The van der Waals surface area contributed by atoms with Crippen LogP contribution in [-0.4, -0.2) is 17.3 Å². The molecule has 0 aromatic carbocycles. The van der Waals surface area contributed by atoms with Crippen molar-refractivity contribution in [3.8, 4) is 0 Å². The predicted molar refractivity (Wildman–Crippen MR) is 46.2 cm³/mol. The monoisotopic (exact) mass is 157 g/mol. The van der Waals surface area contributed by atoms with Crippen LogP contribution in [0.4, 0.5) is 0 Å². The summed E-state index contributed by atoms with van der Waals surface area (Å²) in [5.74, 6) is 0. The van der Waals surface area contributed by atoms with E-state index in [0.717, 1.165) is 12.8 Å². The van der Waals surface area contributed by atoms with Crippen molar-refractivity contribution >= 4 is 0 Å². The summed E-state index contributed by atoms with van der Waals surface area (Å²) in [6.45, 7) is 4.27. The fraction of sp³-hybridized carbons (Fsp3) is 1.00. The Balaban J connectivity index is 2.38. The molecule has 0 radical (unpaired) electrons. The second kappa shape index (κ2) is 3.11. The zero-order valence-corrected chi connectivity index (χ0v) is 7.51. The minimum atomic E-state index is -0.149. The first-order chi connectivity index (χ1) is 5.11. The molecule has 0 aromatic rings. The van der Waals surface area contributed by atoms with E-state index in [9.17, 15) is 5.11 Å². The van der Waals surface area contributed by atoms with E-state index in [4.69, 9.17) is 5.73 Å². The van der Waals surface area contributed by atoms with Gasteiger partial charge in [-0.2, -0.15) is 0 Å². The quantitative estimate of drug-likeness (QED) is 0.648. The Labute approximate surface area is 68.8 Å². The lowest BCUT2D eigenvalue weighted by Crippen LogP contribution is -2.59. The van der Waals surface area contributed by atoms with Crippen molar-refractivity contribution in [1.29, 1.82) is 0 Å². The molecule has 1 saturated carbocycles. The smallest absolute Gasteiger partial charge is 0.0623 e. The number of aliphatic hydroxyl groups excluding tert-OH is 1. The largest absolute Gasteiger partial charge is 0.392 e. The number of unbranched alkanes of at least 4 members (excludes halogenated alkanes) is 1. The van der Waals surface area contributed by atoms with Gasteiger partial charge in [0.05, 0.1) is 6.10 Å². The van der Waals surface area contributed by atoms with Crippen LogP contribution < -0.4 is 5.73 Å². The highest BCUT2D eigenvalue weighted by atomic mass is 16.3. The van der Waals surface area contributed by atoms with Crippen LogP contribution in [0.5, 0.6) is 0 Å². The zero-order valence-electron chi connectivity index (χ0n) is 7.51. The van der Waals surface area contributed by atoms with E-state index in [1.807, 2.05) is 0 Å². The van der Waals surface area contributed by atoms with E-state index in [0.29, 0.717) is 0 Å². The van der Waals surface area contributed by atoms with Gasteiger partial charge in [-0.05, 0) is 12.8 Å². The molecule has 3 N–H and O–H groups in total. The molecule has 11 heavy (non-hydrogen) atoms. The van der Waals surface area contributed by atoms with E-state index in [1.165, 1.54) is 12.8 Å². The average molecular weight is 157 g/mol. The average Bonchev–Trinajstić information content (AvgIpc) is 2.01. The second-order valence-corrected chi connectivity index (χ2v) is 3.97. The third-order valence-corrected chi connectivity index (χ3v) is 3.15. The molecule has 1 rings (SSSR count). The Morgan fingerprint density at radius 2 is 2.27 bits per heavy atom. The molecule has 0 aromatic heterocycles. The first-order valence-corrected chi connectivity index (χ1v) is 4.55. The molecule has 0 aliphatic heterocycles. The molecule has 0 bridgehead atoms. The molecule has 66 valence electrons. The lowest BCUT2D eigenvalue weighted by Gasteiger charge is -2.50. The van der Waals surface area contributed by atoms with Crippen LogP contribution in [0, 0.1) is 5.41 Å².